The van der Waals surface area contributed by atoms with Gasteiger partial charge in [-0.2, -0.15) is 5.26 Å². The number of hydrogen-bond donors (Lipinski definition) is 0. The van der Waals surface area contributed by atoms with Crippen molar-refractivity contribution in [3.05, 3.63) is 69.7 Å². The van der Waals surface area contributed by atoms with Crippen molar-refractivity contribution in [3.8, 4) is 6.07 Å². The molecule has 0 saturated carbocycles. The van der Waals surface area contributed by atoms with E-state index in [1.165, 1.54) is 0 Å². The first kappa shape index (κ1) is 13.9. The highest BCUT2D eigenvalue weighted by molar-refractivity contribution is 6.42. The van der Waals surface area contributed by atoms with Crippen molar-refractivity contribution in [1.82, 2.24) is 0 Å². The minimum atomic E-state index is -0.0874. The minimum absolute atomic E-state index is 0.0874. The standard InChI is InChI=1S/C16H13Cl2N/c17-15-9-7-12(10-16(15)18)6-8-14(11-19)13-4-2-1-3-5-13/h1-5,7,9-10,14H,6,8H2. The van der Waals surface area contributed by atoms with Gasteiger partial charge in [0, 0.05) is 0 Å². The summed E-state index contributed by atoms with van der Waals surface area (Å²) in [7, 11) is 0. The van der Waals surface area contributed by atoms with Gasteiger partial charge in [0.15, 0.2) is 0 Å². The van der Waals surface area contributed by atoms with Gasteiger partial charge in [-0.1, -0.05) is 59.6 Å². The third kappa shape index (κ3) is 3.73. The lowest BCUT2D eigenvalue weighted by Crippen LogP contribution is -1.98. The van der Waals surface area contributed by atoms with E-state index in [-0.39, 0.29) is 5.92 Å². The first-order chi connectivity index (χ1) is 9.20. The summed E-state index contributed by atoms with van der Waals surface area (Å²) in [6.07, 6.45) is 1.59. The maximum atomic E-state index is 9.26. The number of nitrogens with zero attached hydrogens (tertiary/aromatic N) is 1. The highest BCUT2D eigenvalue weighted by Crippen LogP contribution is 2.25. The summed E-state index contributed by atoms with van der Waals surface area (Å²) < 4.78 is 0. The molecule has 0 aromatic heterocycles. The molecule has 0 saturated heterocycles. The minimum Gasteiger partial charge on any atom is -0.198 e. The molecule has 19 heavy (non-hydrogen) atoms. The average Bonchev–Trinajstić information content (AvgIpc) is 2.44. The second-order valence-electron chi connectivity index (χ2n) is 4.38. The van der Waals surface area contributed by atoms with Gasteiger partial charge in [-0.25, -0.2) is 0 Å². The lowest BCUT2D eigenvalue weighted by molar-refractivity contribution is 0.746. The molecule has 0 N–H and O–H groups in total. The van der Waals surface area contributed by atoms with Gasteiger partial charge in [-0.3, -0.25) is 0 Å². The van der Waals surface area contributed by atoms with E-state index in [0.29, 0.717) is 10.0 Å². The molecule has 0 aliphatic rings. The predicted molar refractivity (Wildman–Crippen MR) is 79.6 cm³/mol. The first-order valence-corrected chi connectivity index (χ1v) is 6.85. The lowest BCUT2D eigenvalue weighted by atomic mass is 9.94. The van der Waals surface area contributed by atoms with E-state index in [2.05, 4.69) is 6.07 Å². The smallest absolute Gasteiger partial charge is 0.0715 e. The van der Waals surface area contributed by atoms with Crippen molar-refractivity contribution >= 4 is 23.2 Å². The van der Waals surface area contributed by atoms with Crippen LogP contribution in [0.1, 0.15) is 23.5 Å². The Labute approximate surface area is 123 Å². The fourth-order valence-corrected chi connectivity index (χ4v) is 2.32. The van der Waals surface area contributed by atoms with E-state index in [1.807, 2.05) is 42.5 Å². The normalized spacial score (nSPS) is 11.8. The van der Waals surface area contributed by atoms with Crippen molar-refractivity contribution in [2.24, 2.45) is 0 Å². The molecule has 0 bridgehead atoms. The number of benzene rings is 2. The van der Waals surface area contributed by atoms with Crippen LogP contribution in [-0.4, -0.2) is 0 Å². The van der Waals surface area contributed by atoms with E-state index in [4.69, 9.17) is 23.2 Å². The summed E-state index contributed by atoms with van der Waals surface area (Å²) in [5.41, 5.74) is 2.16. The van der Waals surface area contributed by atoms with Crippen molar-refractivity contribution in [2.75, 3.05) is 0 Å². The summed E-state index contributed by atoms with van der Waals surface area (Å²) in [5, 5.41) is 10.4. The zero-order chi connectivity index (χ0) is 13.7. The largest absolute Gasteiger partial charge is 0.198 e. The van der Waals surface area contributed by atoms with Crippen LogP contribution in [0.4, 0.5) is 0 Å². The Morgan fingerprint density at radius 3 is 2.37 bits per heavy atom. The van der Waals surface area contributed by atoms with Crippen LogP contribution in [-0.2, 0) is 6.42 Å². The summed E-state index contributed by atoms with van der Waals surface area (Å²) >= 11 is 11.9. The third-order valence-electron chi connectivity index (χ3n) is 3.06. The Bertz CT molecular complexity index is 587. The van der Waals surface area contributed by atoms with Gasteiger partial charge in [-0.05, 0) is 36.1 Å². The van der Waals surface area contributed by atoms with Gasteiger partial charge >= 0.3 is 0 Å². The van der Waals surface area contributed by atoms with Crippen LogP contribution in [0.5, 0.6) is 0 Å². The van der Waals surface area contributed by atoms with Gasteiger partial charge in [0.05, 0.1) is 22.0 Å². The van der Waals surface area contributed by atoms with E-state index < -0.39 is 0 Å². The van der Waals surface area contributed by atoms with Crippen LogP contribution in [0.25, 0.3) is 0 Å². The molecule has 96 valence electrons. The molecule has 0 aliphatic heterocycles. The van der Waals surface area contributed by atoms with Crippen molar-refractivity contribution in [1.29, 1.82) is 5.26 Å². The van der Waals surface area contributed by atoms with Crippen LogP contribution >= 0.6 is 23.2 Å². The second-order valence-corrected chi connectivity index (χ2v) is 5.19. The van der Waals surface area contributed by atoms with E-state index >= 15 is 0 Å². The van der Waals surface area contributed by atoms with Gasteiger partial charge in [-0.15, -0.1) is 0 Å². The van der Waals surface area contributed by atoms with Gasteiger partial charge in [0.2, 0.25) is 0 Å². The van der Waals surface area contributed by atoms with Crippen LogP contribution in [0.2, 0.25) is 10.0 Å². The first-order valence-electron chi connectivity index (χ1n) is 6.09. The van der Waals surface area contributed by atoms with Gasteiger partial charge < -0.3 is 0 Å². The highest BCUT2D eigenvalue weighted by atomic mass is 35.5. The van der Waals surface area contributed by atoms with E-state index in [1.54, 1.807) is 6.07 Å². The van der Waals surface area contributed by atoms with Crippen LogP contribution in [0.15, 0.2) is 48.5 Å². The molecule has 2 aromatic carbocycles. The summed E-state index contributed by atoms with van der Waals surface area (Å²) in [6, 6.07) is 17.8. The molecule has 0 amide bonds. The molecule has 0 heterocycles. The SMILES string of the molecule is N#CC(CCc1ccc(Cl)c(Cl)c1)c1ccccc1. The van der Waals surface area contributed by atoms with Crippen molar-refractivity contribution in [2.45, 2.75) is 18.8 Å². The summed E-state index contributed by atoms with van der Waals surface area (Å²) in [5.74, 6) is -0.0874. The van der Waals surface area contributed by atoms with Crippen molar-refractivity contribution in [3.63, 3.8) is 0 Å². The zero-order valence-corrected chi connectivity index (χ0v) is 11.8. The third-order valence-corrected chi connectivity index (χ3v) is 3.80. The Hall–Kier alpha value is -1.49. The fourth-order valence-electron chi connectivity index (χ4n) is 2.00. The number of halogens is 2. The Morgan fingerprint density at radius 2 is 1.74 bits per heavy atom. The zero-order valence-electron chi connectivity index (χ0n) is 10.3. The maximum absolute atomic E-state index is 9.26. The molecule has 0 fully saturated rings. The Kier molecular flexibility index (Phi) is 4.85. The van der Waals surface area contributed by atoms with E-state index in [9.17, 15) is 5.26 Å². The molecular weight excluding hydrogens is 277 g/mol. The molecule has 0 spiro atoms. The molecule has 1 atom stereocenters. The molecule has 0 aliphatic carbocycles. The molecule has 2 aromatic rings. The van der Waals surface area contributed by atoms with E-state index in [0.717, 1.165) is 24.0 Å². The Balaban J connectivity index is 2.05. The predicted octanol–water partition coefficient (Wildman–Crippen LogP) is 5.23. The fraction of sp³-hybridized carbons (Fsp3) is 0.188. The topological polar surface area (TPSA) is 23.8 Å². The molecule has 1 nitrogen and oxygen atoms in total. The van der Waals surface area contributed by atoms with Crippen LogP contribution in [0.3, 0.4) is 0 Å². The highest BCUT2D eigenvalue weighted by Gasteiger charge is 2.10. The molecule has 1 unspecified atom stereocenters. The van der Waals surface area contributed by atoms with Crippen LogP contribution < -0.4 is 0 Å². The summed E-state index contributed by atoms with van der Waals surface area (Å²) in [4.78, 5) is 0. The average molecular weight is 290 g/mol. The number of rotatable bonds is 4. The maximum Gasteiger partial charge on any atom is 0.0715 e. The lowest BCUT2D eigenvalue weighted by Gasteiger charge is -2.09. The quantitative estimate of drug-likeness (QED) is 0.756. The van der Waals surface area contributed by atoms with Crippen molar-refractivity contribution < 1.29 is 0 Å². The van der Waals surface area contributed by atoms with Gasteiger partial charge in [0.25, 0.3) is 0 Å². The number of nitriles is 1. The Morgan fingerprint density at radius 1 is 1.00 bits per heavy atom. The second kappa shape index (κ2) is 6.61. The number of hydrogen-bond acceptors (Lipinski definition) is 1. The molecule has 3 heteroatoms. The number of aryl methyl sites for hydroxylation is 1. The monoisotopic (exact) mass is 289 g/mol. The molecular formula is C16H13Cl2N. The molecule has 0 radical (unpaired) electrons. The summed E-state index contributed by atoms with van der Waals surface area (Å²) in [6.45, 7) is 0. The van der Waals surface area contributed by atoms with Gasteiger partial charge in [0.1, 0.15) is 0 Å². The molecule has 2 rings (SSSR count). The van der Waals surface area contributed by atoms with Crippen LogP contribution in [0, 0.1) is 11.3 Å².